The number of nitrogens with zero attached hydrogens (tertiary/aromatic N) is 2. The Kier molecular flexibility index (Phi) is 6.58. The molecule has 3 aromatic rings. The molecule has 1 aliphatic heterocycles. The Hall–Kier alpha value is -3.56. The zero-order chi connectivity index (χ0) is 22.5. The molecule has 0 saturated carbocycles. The Bertz CT molecular complexity index is 1130. The van der Waals surface area contributed by atoms with Gasteiger partial charge in [-0.25, -0.2) is 10.5 Å². The van der Waals surface area contributed by atoms with Crippen LogP contribution >= 0.6 is 11.3 Å². The summed E-state index contributed by atoms with van der Waals surface area (Å²) in [6, 6.07) is 16.7. The Morgan fingerprint density at radius 2 is 1.81 bits per heavy atom. The number of aromatic nitrogens is 1. The molecule has 0 unspecified atom stereocenters. The van der Waals surface area contributed by atoms with Crippen molar-refractivity contribution in [2.24, 2.45) is 0 Å². The molecule has 0 bridgehead atoms. The van der Waals surface area contributed by atoms with Crippen LogP contribution in [0.15, 0.2) is 54.6 Å². The molecule has 8 nitrogen and oxygen atoms in total. The molecule has 0 atom stereocenters. The van der Waals surface area contributed by atoms with Crippen molar-refractivity contribution in [1.29, 1.82) is 0 Å². The summed E-state index contributed by atoms with van der Waals surface area (Å²) in [6.45, 7) is 0.857. The average molecular weight is 451 g/mol. The monoisotopic (exact) mass is 450 g/mol. The van der Waals surface area contributed by atoms with Crippen molar-refractivity contribution in [2.45, 2.75) is 25.8 Å². The van der Waals surface area contributed by atoms with Gasteiger partial charge in [0.1, 0.15) is 0 Å². The van der Waals surface area contributed by atoms with Gasteiger partial charge < -0.3 is 10.2 Å². The molecule has 32 heavy (non-hydrogen) atoms. The maximum Gasteiger partial charge on any atom is 0.303 e. The predicted molar refractivity (Wildman–Crippen MR) is 120 cm³/mol. The van der Waals surface area contributed by atoms with Crippen LogP contribution in [0.3, 0.4) is 0 Å². The van der Waals surface area contributed by atoms with E-state index in [0.717, 1.165) is 16.1 Å². The van der Waals surface area contributed by atoms with Crippen LogP contribution in [0.5, 0.6) is 0 Å². The van der Waals surface area contributed by atoms with Crippen molar-refractivity contribution >= 4 is 34.7 Å². The highest BCUT2D eigenvalue weighted by atomic mass is 32.1. The average Bonchev–Trinajstić information content (AvgIpc) is 3.26. The molecule has 4 rings (SSSR count). The first-order valence-corrected chi connectivity index (χ1v) is 11.0. The highest BCUT2D eigenvalue weighted by molar-refractivity contribution is 7.13. The zero-order valence-corrected chi connectivity index (χ0v) is 18.0. The minimum Gasteiger partial charge on any atom is -0.333 e. The SMILES string of the molecule is O=C(CCc1ccccc1)Nc1ccc(C(=O)N2CCc3nc(C(=O)NO)sc3C2)cc1. The minimum absolute atomic E-state index is 0.0793. The second kappa shape index (κ2) is 9.71. The molecule has 2 aromatic carbocycles. The van der Waals surface area contributed by atoms with Gasteiger partial charge in [-0.05, 0) is 36.2 Å². The van der Waals surface area contributed by atoms with Gasteiger partial charge in [-0.3, -0.25) is 19.6 Å². The predicted octanol–water partition coefficient (Wildman–Crippen LogP) is 3.03. The first-order chi connectivity index (χ1) is 15.5. The lowest BCUT2D eigenvalue weighted by Gasteiger charge is -2.26. The highest BCUT2D eigenvalue weighted by Crippen LogP contribution is 2.26. The summed E-state index contributed by atoms with van der Waals surface area (Å²) in [7, 11) is 0. The number of hydrogen-bond acceptors (Lipinski definition) is 6. The molecule has 2 heterocycles. The lowest BCUT2D eigenvalue weighted by Crippen LogP contribution is -2.35. The van der Waals surface area contributed by atoms with Crippen molar-refractivity contribution in [2.75, 3.05) is 11.9 Å². The summed E-state index contributed by atoms with van der Waals surface area (Å²) in [5.74, 6) is -0.854. The molecule has 1 aliphatic rings. The molecule has 164 valence electrons. The number of nitrogens with one attached hydrogen (secondary N) is 2. The van der Waals surface area contributed by atoms with Crippen LogP contribution in [-0.2, 0) is 24.2 Å². The molecule has 3 amide bonds. The van der Waals surface area contributed by atoms with E-state index in [1.54, 1.807) is 34.6 Å². The van der Waals surface area contributed by atoms with Crippen LogP contribution < -0.4 is 10.8 Å². The molecule has 0 saturated heterocycles. The second-order valence-corrected chi connectivity index (χ2v) is 8.50. The molecule has 1 aromatic heterocycles. The maximum absolute atomic E-state index is 12.9. The van der Waals surface area contributed by atoms with Gasteiger partial charge in [0.25, 0.3) is 5.91 Å². The van der Waals surface area contributed by atoms with Gasteiger partial charge in [0.2, 0.25) is 5.91 Å². The largest absolute Gasteiger partial charge is 0.333 e. The first kappa shape index (κ1) is 21.7. The van der Waals surface area contributed by atoms with Gasteiger partial charge in [0.15, 0.2) is 5.01 Å². The van der Waals surface area contributed by atoms with E-state index in [9.17, 15) is 14.4 Å². The topological polar surface area (TPSA) is 112 Å². The number of benzene rings is 2. The number of carbonyl (C=O) groups is 3. The fourth-order valence-electron chi connectivity index (χ4n) is 3.52. The summed E-state index contributed by atoms with van der Waals surface area (Å²) in [5, 5.41) is 11.8. The van der Waals surface area contributed by atoms with E-state index >= 15 is 0 Å². The van der Waals surface area contributed by atoms with Crippen LogP contribution in [0.2, 0.25) is 0 Å². The summed E-state index contributed by atoms with van der Waals surface area (Å²) >= 11 is 1.17. The van der Waals surface area contributed by atoms with Crippen molar-refractivity contribution in [3.63, 3.8) is 0 Å². The van der Waals surface area contributed by atoms with Crippen LogP contribution in [0.1, 0.15) is 42.7 Å². The Balaban J connectivity index is 1.33. The van der Waals surface area contributed by atoms with Crippen molar-refractivity contribution in [3.05, 3.63) is 81.3 Å². The van der Waals surface area contributed by atoms with Crippen molar-refractivity contribution < 1.29 is 19.6 Å². The molecule has 0 aliphatic carbocycles. The smallest absolute Gasteiger partial charge is 0.303 e. The van der Waals surface area contributed by atoms with E-state index in [-0.39, 0.29) is 16.8 Å². The van der Waals surface area contributed by atoms with Gasteiger partial charge in [0, 0.05) is 35.5 Å². The Morgan fingerprint density at radius 1 is 1.06 bits per heavy atom. The first-order valence-electron chi connectivity index (χ1n) is 10.2. The summed E-state index contributed by atoms with van der Waals surface area (Å²) in [5.41, 5.74) is 4.64. The molecule has 3 N–H and O–H groups in total. The summed E-state index contributed by atoms with van der Waals surface area (Å²) in [4.78, 5) is 43.4. The number of anilines is 1. The van der Waals surface area contributed by atoms with E-state index < -0.39 is 5.91 Å². The van der Waals surface area contributed by atoms with E-state index in [1.807, 2.05) is 30.3 Å². The standard InChI is InChI=1S/C23H22N4O4S/c28-20(11-6-15-4-2-1-3-5-15)24-17-9-7-16(8-10-17)23(30)27-13-12-18-19(14-27)32-22(25-18)21(29)26-31/h1-5,7-10,31H,6,11-14H2,(H,24,28)(H,26,29). The summed E-state index contributed by atoms with van der Waals surface area (Å²) < 4.78 is 0. The highest BCUT2D eigenvalue weighted by Gasteiger charge is 2.26. The maximum atomic E-state index is 12.9. The number of thiazole rings is 1. The second-order valence-electron chi connectivity index (χ2n) is 7.42. The van der Waals surface area contributed by atoms with E-state index in [4.69, 9.17) is 5.21 Å². The third-order valence-corrected chi connectivity index (χ3v) is 6.29. The number of hydroxylamine groups is 1. The fourth-order valence-corrected chi connectivity index (χ4v) is 4.53. The third kappa shape index (κ3) is 5.01. The molecular formula is C23H22N4O4S. The van der Waals surface area contributed by atoms with Crippen LogP contribution in [0.25, 0.3) is 0 Å². The van der Waals surface area contributed by atoms with E-state index in [1.165, 1.54) is 11.3 Å². The molecule has 0 spiro atoms. The number of aryl methyl sites for hydroxylation is 1. The zero-order valence-electron chi connectivity index (χ0n) is 17.2. The van der Waals surface area contributed by atoms with E-state index in [0.29, 0.717) is 43.6 Å². The van der Waals surface area contributed by atoms with Gasteiger partial charge >= 0.3 is 5.91 Å². The quantitative estimate of drug-likeness (QED) is 0.395. The van der Waals surface area contributed by atoms with Gasteiger partial charge in [-0.2, -0.15) is 0 Å². The number of carbonyl (C=O) groups excluding carboxylic acids is 3. The van der Waals surface area contributed by atoms with Crippen molar-refractivity contribution in [1.82, 2.24) is 15.4 Å². The van der Waals surface area contributed by atoms with Crippen LogP contribution in [-0.4, -0.2) is 39.4 Å². The van der Waals surface area contributed by atoms with Gasteiger partial charge in [-0.15, -0.1) is 11.3 Å². The third-order valence-electron chi connectivity index (χ3n) is 5.21. The molecule has 0 radical (unpaired) electrons. The number of amides is 3. The van der Waals surface area contributed by atoms with E-state index in [2.05, 4.69) is 10.3 Å². The molecule has 9 heteroatoms. The Morgan fingerprint density at radius 3 is 2.53 bits per heavy atom. The number of fused-ring (bicyclic) bond motifs is 1. The Labute approximate surface area is 188 Å². The van der Waals surface area contributed by atoms with Gasteiger partial charge in [0.05, 0.1) is 12.2 Å². The lowest BCUT2D eigenvalue weighted by molar-refractivity contribution is -0.116. The number of hydrogen-bond donors (Lipinski definition) is 3. The fraction of sp³-hybridized carbons (Fsp3) is 0.217. The van der Waals surface area contributed by atoms with Crippen LogP contribution in [0, 0.1) is 0 Å². The number of rotatable bonds is 6. The molecular weight excluding hydrogens is 428 g/mol. The lowest BCUT2D eigenvalue weighted by atomic mass is 10.1. The molecule has 0 fully saturated rings. The van der Waals surface area contributed by atoms with Gasteiger partial charge in [-0.1, -0.05) is 30.3 Å². The summed E-state index contributed by atoms with van der Waals surface area (Å²) in [6.07, 6.45) is 1.59. The minimum atomic E-state index is -0.649. The van der Waals surface area contributed by atoms with Crippen LogP contribution in [0.4, 0.5) is 5.69 Å². The normalized spacial score (nSPS) is 12.7. The van der Waals surface area contributed by atoms with Crippen molar-refractivity contribution in [3.8, 4) is 0 Å².